The Bertz CT molecular complexity index is 553. The molecule has 0 saturated carbocycles. The van der Waals surface area contributed by atoms with Crippen molar-refractivity contribution in [2.75, 3.05) is 6.54 Å². The molecule has 1 rings (SSSR count). The van der Waals surface area contributed by atoms with Crippen LogP contribution in [0.5, 0.6) is 0 Å². The van der Waals surface area contributed by atoms with Gasteiger partial charge in [-0.15, -0.1) is 0 Å². The number of aryl methyl sites for hydroxylation is 1. The smallest absolute Gasteiger partial charge is 0.407 e. The first-order valence-corrected chi connectivity index (χ1v) is 7.66. The molecule has 6 heteroatoms. The first kappa shape index (κ1) is 18.9. The van der Waals surface area contributed by atoms with E-state index >= 15 is 0 Å². The second-order valence-corrected chi connectivity index (χ2v) is 6.39. The van der Waals surface area contributed by atoms with Gasteiger partial charge in [0.2, 0.25) is 5.91 Å². The lowest BCUT2D eigenvalue weighted by atomic mass is 10.1. The maximum atomic E-state index is 13.4. The van der Waals surface area contributed by atoms with Crippen LogP contribution in [0.15, 0.2) is 18.2 Å². The molecule has 0 unspecified atom stereocenters. The number of nitrogens with one attached hydrogen (secondary N) is 2. The molecule has 1 aromatic carbocycles. The zero-order valence-corrected chi connectivity index (χ0v) is 14.2. The number of hydrogen-bond donors (Lipinski definition) is 2. The van der Waals surface area contributed by atoms with Gasteiger partial charge in [-0.2, -0.15) is 0 Å². The number of alkyl carbamates (subject to hydrolysis) is 1. The van der Waals surface area contributed by atoms with Crippen molar-refractivity contribution in [3.05, 3.63) is 35.1 Å². The minimum Gasteiger partial charge on any atom is -0.444 e. The zero-order chi connectivity index (χ0) is 17.5. The van der Waals surface area contributed by atoms with E-state index in [9.17, 15) is 14.0 Å². The van der Waals surface area contributed by atoms with Crippen molar-refractivity contribution in [2.45, 2.75) is 52.7 Å². The van der Waals surface area contributed by atoms with Crippen LogP contribution in [-0.2, 0) is 16.1 Å². The Kier molecular flexibility index (Phi) is 7.00. The molecule has 2 N–H and O–H groups in total. The topological polar surface area (TPSA) is 67.4 Å². The molecule has 0 aliphatic carbocycles. The molecule has 0 fully saturated rings. The monoisotopic (exact) mass is 324 g/mol. The lowest BCUT2D eigenvalue weighted by Crippen LogP contribution is -2.33. The normalized spacial score (nSPS) is 11.0. The Hall–Kier alpha value is -2.11. The molecule has 23 heavy (non-hydrogen) atoms. The molecular formula is C17H25FN2O3. The average Bonchev–Trinajstić information content (AvgIpc) is 2.43. The Labute approximate surface area is 136 Å². The van der Waals surface area contributed by atoms with Crippen molar-refractivity contribution in [1.29, 1.82) is 0 Å². The average molecular weight is 324 g/mol. The summed E-state index contributed by atoms with van der Waals surface area (Å²) in [7, 11) is 0. The third-order valence-corrected chi connectivity index (χ3v) is 2.97. The number of benzene rings is 1. The summed E-state index contributed by atoms with van der Waals surface area (Å²) in [5.74, 6) is -0.421. The first-order valence-electron chi connectivity index (χ1n) is 7.66. The van der Waals surface area contributed by atoms with Gasteiger partial charge in [-0.1, -0.05) is 12.1 Å². The SMILES string of the molecule is Cc1ccc(CNC(=O)CCCNC(=O)OC(C)(C)C)cc1F. The van der Waals surface area contributed by atoms with Gasteiger partial charge in [0.25, 0.3) is 0 Å². The Balaban J connectivity index is 2.19. The van der Waals surface area contributed by atoms with Crippen LogP contribution in [0.4, 0.5) is 9.18 Å². The Morgan fingerprint density at radius 1 is 1.22 bits per heavy atom. The molecule has 0 heterocycles. The highest BCUT2D eigenvalue weighted by molar-refractivity contribution is 5.76. The van der Waals surface area contributed by atoms with Crippen LogP contribution in [0.2, 0.25) is 0 Å². The Morgan fingerprint density at radius 2 is 1.91 bits per heavy atom. The van der Waals surface area contributed by atoms with E-state index in [-0.39, 0.29) is 24.7 Å². The van der Waals surface area contributed by atoms with Crippen LogP contribution in [0.3, 0.4) is 0 Å². The van der Waals surface area contributed by atoms with Crippen LogP contribution in [0, 0.1) is 12.7 Å². The van der Waals surface area contributed by atoms with Crippen LogP contribution in [-0.4, -0.2) is 24.1 Å². The summed E-state index contributed by atoms with van der Waals surface area (Å²) in [5, 5.41) is 5.31. The fraction of sp³-hybridized carbons (Fsp3) is 0.529. The maximum Gasteiger partial charge on any atom is 0.407 e. The van der Waals surface area contributed by atoms with Gasteiger partial charge in [-0.25, -0.2) is 9.18 Å². The van der Waals surface area contributed by atoms with Gasteiger partial charge < -0.3 is 15.4 Å². The quantitative estimate of drug-likeness (QED) is 0.790. The van der Waals surface area contributed by atoms with Gasteiger partial charge in [-0.3, -0.25) is 4.79 Å². The number of rotatable bonds is 6. The zero-order valence-electron chi connectivity index (χ0n) is 14.2. The molecule has 2 amide bonds. The van der Waals surface area contributed by atoms with E-state index in [0.29, 0.717) is 24.1 Å². The van der Waals surface area contributed by atoms with Gasteiger partial charge in [0.1, 0.15) is 11.4 Å². The number of carbonyl (C=O) groups is 2. The number of hydrogen-bond acceptors (Lipinski definition) is 3. The molecule has 0 radical (unpaired) electrons. The van der Waals surface area contributed by atoms with Crippen molar-refractivity contribution in [2.24, 2.45) is 0 Å². The van der Waals surface area contributed by atoms with Crippen molar-refractivity contribution in [3.63, 3.8) is 0 Å². The third-order valence-electron chi connectivity index (χ3n) is 2.97. The molecule has 128 valence electrons. The summed E-state index contributed by atoms with van der Waals surface area (Å²) >= 11 is 0. The first-order chi connectivity index (χ1) is 10.7. The van der Waals surface area contributed by atoms with Crippen molar-refractivity contribution < 1.29 is 18.7 Å². The molecule has 0 aliphatic rings. The van der Waals surface area contributed by atoms with Gasteiger partial charge in [0.15, 0.2) is 0 Å². The fourth-order valence-electron chi connectivity index (χ4n) is 1.79. The minimum absolute atomic E-state index is 0.142. The molecule has 0 atom stereocenters. The van der Waals surface area contributed by atoms with E-state index in [1.807, 2.05) is 0 Å². The number of ether oxygens (including phenoxy) is 1. The standard InChI is InChI=1S/C17H25FN2O3/c1-12-7-8-13(10-14(12)18)11-20-15(21)6-5-9-19-16(22)23-17(2,3)4/h7-8,10H,5-6,9,11H2,1-4H3,(H,19,22)(H,20,21). The predicted octanol–water partition coefficient (Wildman–Crippen LogP) is 3.06. The van der Waals surface area contributed by atoms with Crippen LogP contribution in [0.1, 0.15) is 44.7 Å². The summed E-state index contributed by atoms with van der Waals surface area (Å²) < 4.78 is 18.5. The molecule has 0 aliphatic heterocycles. The summed E-state index contributed by atoms with van der Waals surface area (Å²) in [6.07, 6.45) is 0.297. The van der Waals surface area contributed by atoms with Gasteiger partial charge in [0, 0.05) is 19.5 Å². The molecule has 0 aromatic heterocycles. The molecule has 0 saturated heterocycles. The van der Waals surface area contributed by atoms with Gasteiger partial charge in [-0.05, 0) is 51.3 Å². The Morgan fingerprint density at radius 3 is 2.52 bits per heavy atom. The van der Waals surface area contributed by atoms with Gasteiger partial charge >= 0.3 is 6.09 Å². The minimum atomic E-state index is -0.537. The highest BCUT2D eigenvalue weighted by Gasteiger charge is 2.15. The summed E-state index contributed by atoms with van der Waals surface area (Å²) in [5.41, 5.74) is 0.756. The predicted molar refractivity (Wildman–Crippen MR) is 86.5 cm³/mol. The van der Waals surface area contributed by atoms with Crippen LogP contribution < -0.4 is 10.6 Å². The molecule has 5 nitrogen and oxygen atoms in total. The van der Waals surface area contributed by atoms with E-state index in [4.69, 9.17) is 4.74 Å². The maximum absolute atomic E-state index is 13.4. The lowest BCUT2D eigenvalue weighted by molar-refractivity contribution is -0.121. The largest absolute Gasteiger partial charge is 0.444 e. The number of amides is 2. The van der Waals surface area contributed by atoms with Crippen molar-refractivity contribution in [1.82, 2.24) is 10.6 Å². The van der Waals surface area contributed by atoms with Crippen LogP contribution >= 0.6 is 0 Å². The molecule has 0 bridgehead atoms. The van der Waals surface area contributed by atoms with Gasteiger partial charge in [0.05, 0.1) is 0 Å². The molecule has 1 aromatic rings. The van der Waals surface area contributed by atoms with Crippen molar-refractivity contribution in [3.8, 4) is 0 Å². The highest BCUT2D eigenvalue weighted by Crippen LogP contribution is 2.09. The second-order valence-electron chi connectivity index (χ2n) is 6.39. The lowest BCUT2D eigenvalue weighted by Gasteiger charge is -2.19. The van der Waals surface area contributed by atoms with Crippen molar-refractivity contribution >= 4 is 12.0 Å². The van der Waals surface area contributed by atoms with Crippen LogP contribution in [0.25, 0.3) is 0 Å². The molecular weight excluding hydrogens is 299 g/mol. The van der Waals surface area contributed by atoms with E-state index in [0.717, 1.165) is 0 Å². The number of carbonyl (C=O) groups excluding carboxylic acids is 2. The molecule has 0 spiro atoms. The fourth-order valence-corrected chi connectivity index (χ4v) is 1.79. The van der Waals surface area contributed by atoms with E-state index in [1.165, 1.54) is 6.07 Å². The number of halogens is 1. The summed E-state index contributed by atoms with van der Waals surface area (Å²) in [6.45, 7) is 7.70. The van der Waals surface area contributed by atoms with E-state index in [1.54, 1.807) is 39.8 Å². The second kappa shape index (κ2) is 8.50. The van der Waals surface area contributed by atoms with E-state index < -0.39 is 11.7 Å². The van der Waals surface area contributed by atoms with E-state index in [2.05, 4.69) is 10.6 Å². The summed E-state index contributed by atoms with van der Waals surface area (Å²) in [6, 6.07) is 4.88. The highest BCUT2D eigenvalue weighted by atomic mass is 19.1. The summed E-state index contributed by atoms with van der Waals surface area (Å²) in [4.78, 5) is 23.1. The third kappa shape index (κ3) is 8.18.